The summed E-state index contributed by atoms with van der Waals surface area (Å²) in [5.74, 6) is -0.491. The SMILES string of the molecule is CCCCCC(=O)OCn1c(=O)cc(Cl)c2ccc(CCN3CCN(c4cc(F)cc5sccc45)CC3)cc21. The first-order valence-corrected chi connectivity index (χ1v) is 14.8. The van der Waals surface area contributed by atoms with E-state index in [9.17, 15) is 14.0 Å². The lowest BCUT2D eigenvalue weighted by molar-refractivity contribution is -0.147. The maximum absolute atomic E-state index is 14.2. The molecule has 1 fully saturated rings. The van der Waals surface area contributed by atoms with E-state index in [1.807, 2.05) is 23.6 Å². The molecule has 0 spiro atoms. The van der Waals surface area contributed by atoms with Gasteiger partial charge in [0.05, 0.1) is 10.5 Å². The molecule has 0 atom stereocenters. The van der Waals surface area contributed by atoms with Gasteiger partial charge in [-0.3, -0.25) is 19.1 Å². The van der Waals surface area contributed by atoms with Gasteiger partial charge in [0, 0.05) is 66.4 Å². The third kappa shape index (κ3) is 6.45. The summed E-state index contributed by atoms with van der Waals surface area (Å²) in [6.07, 6.45) is 3.94. The average Bonchev–Trinajstić information content (AvgIpc) is 3.40. The Hall–Kier alpha value is -2.94. The summed E-state index contributed by atoms with van der Waals surface area (Å²) >= 11 is 7.95. The van der Waals surface area contributed by atoms with Gasteiger partial charge in [-0.15, -0.1) is 11.3 Å². The molecule has 3 heterocycles. The Balaban J connectivity index is 1.23. The molecule has 1 aliphatic heterocycles. The molecule has 0 bridgehead atoms. The van der Waals surface area contributed by atoms with Gasteiger partial charge in [0.1, 0.15) is 5.82 Å². The molecule has 6 nitrogen and oxygen atoms in total. The van der Waals surface area contributed by atoms with Gasteiger partial charge >= 0.3 is 5.97 Å². The van der Waals surface area contributed by atoms with Gasteiger partial charge in [-0.2, -0.15) is 0 Å². The van der Waals surface area contributed by atoms with Crippen LogP contribution in [0.15, 0.2) is 52.6 Å². The number of benzene rings is 2. The van der Waals surface area contributed by atoms with E-state index in [2.05, 4.69) is 22.8 Å². The van der Waals surface area contributed by atoms with Crippen LogP contribution in [-0.2, 0) is 22.7 Å². The number of hydrogen-bond donors (Lipinski definition) is 0. The summed E-state index contributed by atoms with van der Waals surface area (Å²) in [4.78, 5) is 29.6. The fraction of sp³-hybridized carbons (Fsp3) is 0.400. The molecule has 0 saturated carbocycles. The van der Waals surface area contributed by atoms with Crippen LogP contribution >= 0.6 is 22.9 Å². The fourth-order valence-corrected chi connectivity index (χ4v) is 6.27. The van der Waals surface area contributed by atoms with E-state index >= 15 is 0 Å². The van der Waals surface area contributed by atoms with Crippen molar-refractivity contribution in [3.63, 3.8) is 0 Å². The van der Waals surface area contributed by atoms with Gasteiger partial charge in [0.25, 0.3) is 5.56 Å². The van der Waals surface area contributed by atoms with Crippen molar-refractivity contribution < 1.29 is 13.9 Å². The number of piperazine rings is 1. The third-order valence-electron chi connectivity index (χ3n) is 7.41. The van der Waals surface area contributed by atoms with Crippen LogP contribution in [0.1, 0.15) is 38.2 Å². The Morgan fingerprint density at radius 3 is 2.67 bits per heavy atom. The molecule has 206 valence electrons. The summed E-state index contributed by atoms with van der Waals surface area (Å²) in [5.41, 5.74) is 2.43. The lowest BCUT2D eigenvalue weighted by Crippen LogP contribution is -2.47. The van der Waals surface area contributed by atoms with Gasteiger partial charge in [-0.1, -0.05) is 43.5 Å². The maximum atomic E-state index is 14.2. The van der Waals surface area contributed by atoms with E-state index in [0.29, 0.717) is 17.0 Å². The van der Waals surface area contributed by atoms with Crippen LogP contribution in [0.25, 0.3) is 21.0 Å². The number of halogens is 2. The van der Waals surface area contributed by atoms with Crippen molar-refractivity contribution in [2.45, 2.75) is 45.8 Å². The summed E-state index contributed by atoms with van der Waals surface area (Å²) in [5, 5.41) is 4.27. The highest BCUT2D eigenvalue weighted by Crippen LogP contribution is 2.32. The molecule has 0 unspecified atom stereocenters. The minimum atomic E-state index is -0.299. The van der Waals surface area contributed by atoms with Gasteiger partial charge in [0.15, 0.2) is 6.73 Å². The Kier molecular flexibility index (Phi) is 8.85. The van der Waals surface area contributed by atoms with Gasteiger partial charge in [-0.25, -0.2) is 4.39 Å². The molecule has 0 amide bonds. The fourth-order valence-electron chi connectivity index (χ4n) is 5.18. The first-order chi connectivity index (χ1) is 18.9. The number of fused-ring (bicyclic) bond motifs is 2. The molecule has 2 aromatic carbocycles. The molecular formula is C30H33ClFN3O3S. The number of aromatic nitrogens is 1. The molecule has 1 aliphatic rings. The van der Waals surface area contributed by atoms with Crippen LogP contribution in [0, 0.1) is 5.82 Å². The Morgan fingerprint density at radius 2 is 1.87 bits per heavy atom. The highest BCUT2D eigenvalue weighted by Gasteiger charge is 2.20. The molecule has 1 saturated heterocycles. The predicted molar refractivity (Wildman–Crippen MR) is 158 cm³/mol. The normalized spacial score (nSPS) is 14.4. The van der Waals surface area contributed by atoms with Crippen molar-refractivity contribution in [3.8, 4) is 0 Å². The topological polar surface area (TPSA) is 54.8 Å². The Bertz CT molecular complexity index is 1530. The summed E-state index contributed by atoms with van der Waals surface area (Å²) in [6.45, 7) is 6.28. The zero-order chi connectivity index (χ0) is 27.4. The van der Waals surface area contributed by atoms with Crippen LogP contribution in [0.2, 0.25) is 5.02 Å². The quantitative estimate of drug-likeness (QED) is 0.162. The number of esters is 1. The molecule has 0 radical (unpaired) electrons. The summed E-state index contributed by atoms with van der Waals surface area (Å²) in [7, 11) is 0. The van der Waals surface area contributed by atoms with Gasteiger partial charge in [0.2, 0.25) is 0 Å². The number of hydrogen-bond acceptors (Lipinski definition) is 6. The number of ether oxygens (including phenoxy) is 1. The van der Waals surface area contributed by atoms with Gasteiger partial charge in [-0.05, 0) is 48.1 Å². The van der Waals surface area contributed by atoms with E-state index in [4.69, 9.17) is 16.3 Å². The predicted octanol–water partition coefficient (Wildman–Crippen LogP) is 6.45. The second-order valence-electron chi connectivity index (χ2n) is 10.0. The van der Waals surface area contributed by atoms with E-state index in [1.54, 1.807) is 23.5 Å². The van der Waals surface area contributed by atoms with Crippen LogP contribution < -0.4 is 10.5 Å². The first-order valence-electron chi connectivity index (χ1n) is 13.5. The van der Waals surface area contributed by atoms with Crippen molar-refractivity contribution in [2.75, 3.05) is 37.6 Å². The largest absolute Gasteiger partial charge is 0.444 e. The average molecular weight is 570 g/mol. The Morgan fingerprint density at radius 1 is 1.05 bits per heavy atom. The van der Waals surface area contributed by atoms with Crippen molar-refractivity contribution >= 4 is 55.6 Å². The maximum Gasteiger partial charge on any atom is 0.307 e. The third-order valence-corrected chi connectivity index (χ3v) is 8.59. The molecule has 0 aliphatic carbocycles. The highest BCUT2D eigenvalue weighted by molar-refractivity contribution is 7.17. The molecule has 0 N–H and O–H groups in total. The van der Waals surface area contributed by atoms with E-state index < -0.39 is 0 Å². The number of pyridine rings is 1. The molecule has 5 rings (SSSR count). The Labute approximate surface area is 236 Å². The van der Waals surface area contributed by atoms with E-state index in [1.165, 1.54) is 10.6 Å². The number of carbonyl (C=O) groups excluding carboxylic acids is 1. The minimum absolute atomic E-state index is 0.125. The van der Waals surface area contributed by atoms with Crippen LogP contribution in [0.3, 0.4) is 0 Å². The second-order valence-corrected chi connectivity index (χ2v) is 11.4. The first kappa shape index (κ1) is 27.6. The summed E-state index contributed by atoms with van der Waals surface area (Å²) in [6, 6.07) is 12.6. The number of nitrogens with zero attached hydrogens (tertiary/aromatic N) is 3. The standard InChI is InChI=1S/C30H33ClFN3O3S/c1-2-3-4-5-30(37)38-20-35-27-16-21(6-7-23(27)25(31)19-29(35)36)8-10-33-11-13-34(14-12-33)26-17-22(32)18-28-24(26)9-15-39-28/h6-7,9,15-19H,2-5,8,10-14,20H2,1H3. The van der Waals surface area contributed by atoms with Crippen molar-refractivity contribution in [1.82, 2.24) is 9.47 Å². The number of carbonyl (C=O) groups is 1. The number of anilines is 1. The van der Waals surface area contributed by atoms with E-state index in [0.717, 1.165) is 85.1 Å². The molecule has 39 heavy (non-hydrogen) atoms. The smallest absolute Gasteiger partial charge is 0.307 e. The number of rotatable bonds is 10. The van der Waals surface area contributed by atoms with Crippen molar-refractivity contribution in [3.05, 3.63) is 74.6 Å². The lowest BCUT2D eigenvalue weighted by Gasteiger charge is -2.36. The zero-order valence-corrected chi connectivity index (χ0v) is 23.7. The number of unbranched alkanes of at least 4 members (excludes halogenated alkanes) is 2. The van der Waals surface area contributed by atoms with E-state index in [-0.39, 0.29) is 24.1 Å². The van der Waals surface area contributed by atoms with Crippen LogP contribution in [-0.4, -0.2) is 48.2 Å². The molecule has 2 aromatic heterocycles. The number of thiophene rings is 1. The van der Waals surface area contributed by atoms with Crippen LogP contribution in [0.5, 0.6) is 0 Å². The monoisotopic (exact) mass is 569 g/mol. The summed E-state index contributed by atoms with van der Waals surface area (Å²) < 4.78 is 22.0. The molecule has 9 heteroatoms. The van der Waals surface area contributed by atoms with Crippen molar-refractivity contribution in [1.29, 1.82) is 0 Å². The lowest BCUT2D eigenvalue weighted by atomic mass is 10.1. The van der Waals surface area contributed by atoms with Gasteiger partial charge < -0.3 is 9.64 Å². The minimum Gasteiger partial charge on any atom is -0.444 e. The molecular weight excluding hydrogens is 537 g/mol. The van der Waals surface area contributed by atoms with Crippen molar-refractivity contribution in [2.24, 2.45) is 0 Å². The highest BCUT2D eigenvalue weighted by atomic mass is 35.5. The zero-order valence-electron chi connectivity index (χ0n) is 22.1. The second kappa shape index (κ2) is 12.5. The molecule has 4 aromatic rings. The van der Waals surface area contributed by atoms with Crippen LogP contribution in [0.4, 0.5) is 10.1 Å².